The van der Waals surface area contributed by atoms with Gasteiger partial charge < -0.3 is 4.52 Å². The number of aryl methyl sites for hydroxylation is 2. The van der Waals surface area contributed by atoms with Gasteiger partial charge in [-0.15, -0.1) is 0 Å². The lowest BCUT2D eigenvalue weighted by Gasteiger charge is -2.27. The quantitative estimate of drug-likeness (QED) is 0.854. The summed E-state index contributed by atoms with van der Waals surface area (Å²) in [6.07, 6.45) is 3.77. The molecule has 1 saturated heterocycles. The second-order valence-corrected chi connectivity index (χ2v) is 8.29. The summed E-state index contributed by atoms with van der Waals surface area (Å²) in [5.74, 6) is 0.312. The van der Waals surface area contributed by atoms with Gasteiger partial charge in [-0.25, -0.2) is 13.1 Å². The summed E-state index contributed by atoms with van der Waals surface area (Å²) in [4.78, 5) is 2.58. The van der Waals surface area contributed by atoms with Gasteiger partial charge >= 0.3 is 0 Å². The molecule has 0 saturated carbocycles. The minimum absolute atomic E-state index is 0.140. The van der Waals surface area contributed by atoms with Crippen molar-refractivity contribution in [1.82, 2.24) is 14.8 Å². The van der Waals surface area contributed by atoms with Crippen LogP contribution in [0.25, 0.3) is 0 Å². The van der Waals surface area contributed by atoms with Crippen LogP contribution in [0.1, 0.15) is 41.8 Å². The maximum Gasteiger partial charge on any atom is 0.246 e. The Hall–Kier alpha value is -1.70. The summed E-state index contributed by atoms with van der Waals surface area (Å²) in [7, 11) is -3.65. The van der Waals surface area contributed by atoms with E-state index in [4.69, 9.17) is 4.52 Å². The zero-order valence-corrected chi connectivity index (χ0v) is 15.6. The van der Waals surface area contributed by atoms with E-state index in [1.165, 1.54) is 24.8 Å². The molecule has 1 aliphatic heterocycles. The average molecular weight is 363 g/mol. The van der Waals surface area contributed by atoms with Crippen LogP contribution >= 0.6 is 0 Å². The molecule has 2 heterocycles. The molecular formula is C18H25N3O3S. The lowest BCUT2D eigenvalue weighted by molar-refractivity contribution is 0.220. The number of sulfonamides is 1. The number of benzene rings is 1. The van der Waals surface area contributed by atoms with E-state index in [0.717, 1.165) is 25.2 Å². The van der Waals surface area contributed by atoms with Crippen LogP contribution in [0.2, 0.25) is 0 Å². The SMILES string of the molecule is Cc1noc(C)c1S(=O)(=O)NCc1ccccc1CN1CCCCC1. The summed E-state index contributed by atoms with van der Waals surface area (Å²) in [5, 5.41) is 3.73. The van der Waals surface area contributed by atoms with Gasteiger partial charge in [0.05, 0.1) is 0 Å². The predicted molar refractivity (Wildman–Crippen MR) is 95.6 cm³/mol. The van der Waals surface area contributed by atoms with Crippen LogP contribution in [0, 0.1) is 13.8 Å². The fourth-order valence-electron chi connectivity index (χ4n) is 3.35. The molecule has 3 rings (SSSR count). The summed E-state index contributed by atoms with van der Waals surface area (Å²) in [6.45, 7) is 6.59. The van der Waals surface area contributed by atoms with Crippen LogP contribution in [-0.2, 0) is 23.1 Å². The highest BCUT2D eigenvalue weighted by molar-refractivity contribution is 7.89. The van der Waals surface area contributed by atoms with E-state index >= 15 is 0 Å². The molecule has 0 atom stereocenters. The first-order valence-electron chi connectivity index (χ1n) is 8.69. The fourth-order valence-corrected chi connectivity index (χ4v) is 4.68. The third-order valence-electron chi connectivity index (χ3n) is 4.65. The molecule has 0 bridgehead atoms. The Morgan fingerprint density at radius 3 is 2.44 bits per heavy atom. The van der Waals surface area contributed by atoms with Crippen LogP contribution in [0.3, 0.4) is 0 Å². The maximum absolute atomic E-state index is 12.6. The van der Waals surface area contributed by atoms with Crippen molar-refractivity contribution in [2.24, 2.45) is 0 Å². The number of nitrogens with one attached hydrogen (secondary N) is 1. The highest BCUT2D eigenvalue weighted by atomic mass is 32.2. The van der Waals surface area contributed by atoms with Gasteiger partial charge in [-0.05, 0) is 50.9 Å². The number of rotatable bonds is 6. The Bertz CT molecular complexity index is 804. The Balaban J connectivity index is 1.73. The summed E-state index contributed by atoms with van der Waals surface area (Å²) >= 11 is 0. The molecule has 1 aromatic carbocycles. The van der Waals surface area contributed by atoms with Crippen molar-refractivity contribution in [3.63, 3.8) is 0 Å². The predicted octanol–water partition coefficient (Wildman–Crippen LogP) is 2.76. The number of piperidine rings is 1. The highest BCUT2D eigenvalue weighted by Crippen LogP contribution is 2.20. The third kappa shape index (κ3) is 4.29. The molecule has 136 valence electrons. The van der Waals surface area contributed by atoms with Crippen LogP contribution in [0.4, 0.5) is 0 Å². The molecule has 0 unspecified atom stereocenters. The third-order valence-corrected chi connectivity index (χ3v) is 6.29. The second kappa shape index (κ2) is 7.68. The van der Waals surface area contributed by atoms with Gasteiger partial charge in [-0.3, -0.25) is 4.90 Å². The minimum atomic E-state index is -3.65. The van der Waals surface area contributed by atoms with Crippen molar-refractivity contribution < 1.29 is 12.9 Å². The summed E-state index contributed by atoms with van der Waals surface area (Å²) in [5.41, 5.74) is 2.56. The molecule has 0 spiro atoms. The normalized spacial score (nSPS) is 16.2. The largest absolute Gasteiger partial charge is 0.360 e. The van der Waals surface area contributed by atoms with Gasteiger partial charge in [0.25, 0.3) is 0 Å². The van der Waals surface area contributed by atoms with Crippen molar-refractivity contribution in [2.75, 3.05) is 13.1 Å². The first-order chi connectivity index (χ1) is 12.0. The van der Waals surface area contributed by atoms with Gasteiger partial charge in [-0.1, -0.05) is 35.8 Å². The molecule has 1 N–H and O–H groups in total. The average Bonchev–Trinajstić information content (AvgIpc) is 2.94. The van der Waals surface area contributed by atoms with E-state index in [1.807, 2.05) is 18.2 Å². The van der Waals surface area contributed by atoms with Crippen LogP contribution in [0.5, 0.6) is 0 Å². The lowest BCUT2D eigenvalue weighted by atomic mass is 10.1. The second-order valence-electron chi connectivity index (χ2n) is 6.58. The van der Waals surface area contributed by atoms with E-state index in [-0.39, 0.29) is 11.4 Å². The van der Waals surface area contributed by atoms with E-state index in [9.17, 15) is 8.42 Å². The number of hydrogen-bond donors (Lipinski definition) is 1. The van der Waals surface area contributed by atoms with E-state index in [1.54, 1.807) is 13.8 Å². The number of likely N-dealkylation sites (tertiary alicyclic amines) is 1. The molecule has 1 aromatic heterocycles. The zero-order chi connectivity index (χ0) is 17.9. The Labute approximate surface area is 149 Å². The highest BCUT2D eigenvalue weighted by Gasteiger charge is 2.24. The molecule has 6 nitrogen and oxygen atoms in total. The Morgan fingerprint density at radius 1 is 1.12 bits per heavy atom. The summed E-state index contributed by atoms with van der Waals surface area (Å²) < 4.78 is 32.8. The minimum Gasteiger partial charge on any atom is -0.360 e. The van der Waals surface area contributed by atoms with Crippen LogP contribution < -0.4 is 4.72 Å². The standard InChI is InChI=1S/C18H25N3O3S/c1-14-18(15(2)24-20-14)25(22,23)19-12-16-8-4-5-9-17(16)13-21-10-6-3-7-11-21/h4-5,8-9,19H,3,6-7,10-13H2,1-2H3. The van der Waals surface area contributed by atoms with Crippen LogP contribution in [-0.4, -0.2) is 31.6 Å². The molecule has 25 heavy (non-hydrogen) atoms. The first kappa shape index (κ1) is 18.1. The molecule has 2 aromatic rings. The molecule has 7 heteroatoms. The zero-order valence-electron chi connectivity index (χ0n) is 14.8. The molecular weight excluding hydrogens is 338 g/mol. The first-order valence-corrected chi connectivity index (χ1v) is 10.2. The van der Waals surface area contributed by atoms with Gasteiger partial charge in [0.2, 0.25) is 10.0 Å². The topological polar surface area (TPSA) is 75.4 Å². The van der Waals surface area contributed by atoms with Gasteiger partial charge in [0.15, 0.2) is 5.76 Å². The van der Waals surface area contributed by atoms with E-state index in [0.29, 0.717) is 11.5 Å². The van der Waals surface area contributed by atoms with Crippen molar-refractivity contribution in [2.45, 2.75) is 51.1 Å². The molecule has 0 amide bonds. The van der Waals surface area contributed by atoms with E-state index in [2.05, 4.69) is 20.8 Å². The van der Waals surface area contributed by atoms with Crippen molar-refractivity contribution in [1.29, 1.82) is 0 Å². The number of aromatic nitrogens is 1. The van der Waals surface area contributed by atoms with Gasteiger partial charge in [0.1, 0.15) is 10.6 Å². The molecule has 1 aliphatic rings. The molecule has 0 radical (unpaired) electrons. The van der Waals surface area contributed by atoms with E-state index < -0.39 is 10.0 Å². The lowest BCUT2D eigenvalue weighted by Crippen LogP contribution is -2.30. The number of hydrogen-bond acceptors (Lipinski definition) is 5. The smallest absolute Gasteiger partial charge is 0.246 e. The summed E-state index contributed by atoms with van der Waals surface area (Å²) in [6, 6.07) is 8.01. The van der Waals surface area contributed by atoms with Crippen molar-refractivity contribution in [3.8, 4) is 0 Å². The molecule has 1 fully saturated rings. The Morgan fingerprint density at radius 2 is 1.80 bits per heavy atom. The van der Waals surface area contributed by atoms with Gasteiger partial charge in [-0.2, -0.15) is 0 Å². The fraction of sp³-hybridized carbons (Fsp3) is 0.500. The molecule has 0 aliphatic carbocycles. The van der Waals surface area contributed by atoms with Crippen LogP contribution in [0.15, 0.2) is 33.7 Å². The van der Waals surface area contributed by atoms with Gasteiger partial charge in [0, 0.05) is 13.1 Å². The van der Waals surface area contributed by atoms with Crippen molar-refractivity contribution >= 4 is 10.0 Å². The number of nitrogens with zero attached hydrogens (tertiary/aromatic N) is 2. The van der Waals surface area contributed by atoms with Crippen molar-refractivity contribution in [3.05, 3.63) is 46.8 Å². The maximum atomic E-state index is 12.6. The monoisotopic (exact) mass is 363 g/mol. The Kier molecular flexibility index (Phi) is 5.56.